The third-order valence-corrected chi connectivity index (χ3v) is 3.23. The minimum absolute atomic E-state index is 0.477. The molecule has 68 valence electrons. The van der Waals surface area contributed by atoms with Gasteiger partial charge in [0.25, 0.3) is 0 Å². The summed E-state index contributed by atoms with van der Waals surface area (Å²) in [6.07, 6.45) is 5.51. The Morgan fingerprint density at radius 1 is 1.33 bits per heavy atom. The lowest BCUT2D eigenvalue weighted by atomic mass is 9.89. The monoisotopic (exact) mass is 167 g/mol. The predicted molar refractivity (Wildman–Crippen MR) is 48.0 cm³/mol. The number of carbonyl (C=O) groups is 1. The van der Waals surface area contributed by atoms with Crippen LogP contribution in [-0.2, 0) is 4.79 Å². The van der Waals surface area contributed by atoms with Gasteiger partial charge in [-0.2, -0.15) is 0 Å². The van der Waals surface area contributed by atoms with Crippen LogP contribution in [0.3, 0.4) is 0 Å². The summed E-state index contributed by atoms with van der Waals surface area (Å²) in [5.41, 5.74) is 0. The maximum absolute atomic E-state index is 11.3. The largest absolute Gasteiger partial charge is 0.300 e. The highest BCUT2D eigenvalue weighted by Crippen LogP contribution is 2.27. The van der Waals surface area contributed by atoms with Gasteiger partial charge in [0.05, 0.1) is 0 Å². The van der Waals surface area contributed by atoms with E-state index in [0.717, 1.165) is 12.8 Å². The van der Waals surface area contributed by atoms with Crippen molar-refractivity contribution in [1.29, 1.82) is 0 Å². The van der Waals surface area contributed by atoms with E-state index in [0.29, 0.717) is 17.9 Å². The second-order valence-electron chi connectivity index (χ2n) is 4.18. The summed E-state index contributed by atoms with van der Waals surface area (Å²) in [5, 5.41) is 0. The molecule has 0 aromatic heterocycles. The van der Waals surface area contributed by atoms with Crippen molar-refractivity contribution in [2.45, 2.75) is 51.1 Å². The van der Waals surface area contributed by atoms with E-state index in [2.05, 4.69) is 11.8 Å². The molecule has 2 aliphatic heterocycles. The Kier molecular flexibility index (Phi) is 2.18. The molecule has 0 aromatic carbocycles. The van der Waals surface area contributed by atoms with Crippen molar-refractivity contribution in [1.82, 2.24) is 4.90 Å². The zero-order valence-corrected chi connectivity index (χ0v) is 7.75. The highest BCUT2D eigenvalue weighted by molar-refractivity contribution is 5.80. The lowest BCUT2D eigenvalue weighted by molar-refractivity contribution is -0.125. The van der Waals surface area contributed by atoms with E-state index >= 15 is 0 Å². The van der Waals surface area contributed by atoms with Crippen LogP contribution in [0, 0.1) is 0 Å². The number of rotatable bonds is 0. The van der Waals surface area contributed by atoms with Crippen molar-refractivity contribution in [3.63, 3.8) is 0 Å². The Morgan fingerprint density at radius 3 is 3.00 bits per heavy atom. The fraction of sp³-hybridized carbons (Fsp3) is 0.900. The van der Waals surface area contributed by atoms with Gasteiger partial charge in [-0.05, 0) is 26.3 Å². The molecule has 0 aliphatic carbocycles. The van der Waals surface area contributed by atoms with E-state index in [1.807, 2.05) is 0 Å². The number of hydrogen-bond donors (Lipinski definition) is 0. The van der Waals surface area contributed by atoms with E-state index < -0.39 is 0 Å². The van der Waals surface area contributed by atoms with Crippen LogP contribution in [0.15, 0.2) is 0 Å². The third-order valence-electron chi connectivity index (χ3n) is 3.23. The second-order valence-corrected chi connectivity index (χ2v) is 4.18. The van der Waals surface area contributed by atoms with E-state index in [4.69, 9.17) is 0 Å². The number of fused-ring (bicyclic) bond motifs is 1. The van der Waals surface area contributed by atoms with Crippen molar-refractivity contribution >= 4 is 5.78 Å². The fourth-order valence-corrected chi connectivity index (χ4v) is 2.62. The fourth-order valence-electron chi connectivity index (χ4n) is 2.62. The van der Waals surface area contributed by atoms with Gasteiger partial charge in [0, 0.05) is 24.9 Å². The molecular weight excluding hydrogens is 150 g/mol. The quantitative estimate of drug-likeness (QED) is 0.546. The molecule has 2 aliphatic rings. The van der Waals surface area contributed by atoms with Crippen LogP contribution >= 0.6 is 0 Å². The molecule has 2 rings (SSSR count). The molecule has 12 heavy (non-hydrogen) atoms. The molecule has 0 amide bonds. The molecule has 0 radical (unpaired) electrons. The Bertz CT molecular complexity index is 190. The molecule has 0 N–H and O–H groups in total. The lowest BCUT2D eigenvalue weighted by Crippen LogP contribution is -2.50. The van der Waals surface area contributed by atoms with Crippen LogP contribution in [-0.4, -0.2) is 29.3 Å². The summed E-state index contributed by atoms with van der Waals surface area (Å²) in [6, 6.07) is 1.10. The summed E-state index contributed by atoms with van der Waals surface area (Å²) in [5.74, 6) is 0.477. The molecule has 2 heterocycles. The van der Waals surface area contributed by atoms with Gasteiger partial charge >= 0.3 is 0 Å². The van der Waals surface area contributed by atoms with Crippen LogP contribution in [0.25, 0.3) is 0 Å². The first kappa shape index (κ1) is 8.24. The molecule has 2 unspecified atom stereocenters. The van der Waals surface area contributed by atoms with Gasteiger partial charge in [0.1, 0.15) is 5.78 Å². The highest BCUT2D eigenvalue weighted by atomic mass is 16.1. The van der Waals surface area contributed by atoms with Crippen LogP contribution in [0.4, 0.5) is 0 Å². The number of nitrogens with zero attached hydrogens (tertiary/aromatic N) is 1. The van der Waals surface area contributed by atoms with E-state index in [9.17, 15) is 4.79 Å². The standard InChI is InChI=1S/C10H17NO/c1-8-6-10(12)7-9-4-2-3-5-11(8)9/h8-9H,2-7H2,1H3. The van der Waals surface area contributed by atoms with Gasteiger partial charge in [-0.3, -0.25) is 9.69 Å². The van der Waals surface area contributed by atoms with Crippen molar-refractivity contribution in [3.05, 3.63) is 0 Å². The summed E-state index contributed by atoms with van der Waals surface area (Å²) >= 11 is 0. The topological polar surface area (TPSA) is 20.3 Å². The lowest BCUT2D eigenvalue weighted by Gasteiger charge is -2.42. The van der Waals surface area contributed by atoms with Crippen molar-refractivity contribution in [2.75, 3.05) is 6.54 Å². The van der Waals surface area contributed by atoms with Crippen molar-refractivity contribution < 1.29 is 4.79 Å². The first-order valence-electron chi connectivity index (χ1n) is 5.05. The first-order valence-corrected chi connectivity index (χ1v) is 5.05. The summed E-state index contributed by atoms with van der Waals surface area (Å²) < 4.78 is 0. The zero-order chi connectivity index (χ0) is 8.55. The number of ketones is 1. The third kappa shape index (κ3) is 1.40. The van der Waals surface area contributed by atoms with E-state index in [1.54, 1.807) is 0 Å². The van der Waals surface area contributed by atoms with Gasteiger partial charge in [-0.15, -0.1) is 0 Å². The summed E-state index contributed by atoms with van der Waals surface area (Å²) in [7, 11) is 0. The van der Waals surface area contributed by atoms with Crippen LogP contribution in [0.2, 0.25) is 0 Å². The number of hydrogen-bond acceptors (Lipinski definition) is 2. The normalized spacial score (nSPS) is 37.9. The van der Waals surface area contributed by atoms with Gasteiger partial charge in [-0.25, -0.2) is 0 Å². The maximum Gasteiger partial charge on any atom is 0.136 e. The molecule has 0 spiro atoms. The molecule has 2 fully saturated rings. The Balaban J connectivity index is 2.06. The molecule has 0 saturated carbocycles. The van der Waals surface area contributed by atoms with Gasteiger partial charge < -0.3 is 0 Å². The molecule has 0 bridgehead atoms. The number of carbonyl (C=O) groups excluding carboxylic acids is 1. The number of piperidine rings is 2. The first-order chi connectivity index (χ1) is 5.77. The number of Topliss-reactive ketones (excluding diaryl/α,β-unsaturated/α-hetero) is 1. The average molecular weight is 167 g/mol. The van der Waals surface area contributed by atoms with E-state index in [-0.39, 0.29) is 0 Å². The van der Waals surface area contributed by atoms with Crippen molar-refractivity contribution in [3.8, 4) is 0 Å². The van der Waals surface area contributed by atoms with Crippen molar-refractivity contribution in [2.24, 2.45) is 0 Å². The van der Waals surface area contributed by atoms with Crippen LogP contribution in [0.5, 0.6) is 0 Å². The molecule has 2 nitrogen and oxygen atoms in total. The maximum atomic E-state index is 11.3. The second kappa shape index (κ2) is 3.17. The highest BCUT2D eigenvalue weighted by Gasteiger charge is 2.33. The van der Waals surface area contributed by atoms with E-state index in [1.165, 1.54) is 25.8 Å². The van der Waals surface area contributed by atoms with Gasteiger partial charge in [0.2, 0.25) is 0 Å². The van der Waals surface area contributed by atoms with Gasteiger partial charge in [0.15, 0.2) is 0 Å². The summed E-state index contributed by atoms with van der Waals surface area (Å²) in [6.45, 7) is 3.41. The minimum atomic E-state index is 0.477. The average Bonchev–Trinajstić information content (AvgIpc) is 2.04. The minimum Gasteiger partial charge on any atom is -0.300 e. The molecule has 2 heteroatoms. The zero-order valence-electron chi connectivity index (χ0n) is 7.75. The Hall–Kier alpha value is -0.370. The predicted octanol–water partition coefficient (Wildman–Crippen LogP) is 1.59. The Morgan fingerprint density at radius 2 is 2.17 bits per heavy atom. The Labute approximate surface area is 73.9 Å². The smallest absolute Gasteiger partial charge is 0.136 e. The van der Waals surface area contributed by atoms with Gasteiger partial charge in [-0.1, -0.05) is 6.42 Å². The molecule has 2 saturated heterocycles. The summed E-state index contributed by atoms with van der Waals surface area (Å²) in [4.78, 5) is 13.8. The SMILES string of the molecule is CC1CC(=O)CC2CCCCN12. The molecule has 2 atom stereocenters. The van der Waals surface area contributed by atoms with Crippen LogP contribution < -0.4 is 0 Å². The molecule has 0 aromatic rings. The van der Waals surface area contributed by atoms with Crippen LogP contribution in [0.1, 0.15) is 39.0 Å². The molecular formula is C10H17NO.